The lowest BCUT2D eigenvalue weighted by Gasteiger charge is -2.29. The molecule has 2 amide bonds. The number of nitrogens with one attached hydrogen (secondary N) is 1. The van der Waals surface area contributed by atoms with Gasteiger partial charge in [0.2, 0.25) is 11.7 Å². The van der Waals surface area contributed by atoms with Gasteiger partial charge in [-0.3, -0.25) is 34.7 Å². The molecule has 1 aliphatic heterocycles. The number of nitrogens with zero attached hydrogens (tertiary/aromatic N) is 3. The van der Waals surface area contributed by atoms with Crippen molar-refractivity contribution in [1.82, 2.24) is 10.2 Å². The molecule has 3 aromatic carbocycles. The molecule has 0 radical (unpaired) electrons. The monoisotopic (exact) mass is 1150 g/mol. The minimum absolute atomic E-state index is 0.0111. The molecule has 2 heterocycles. The van der Waals surface area contributed by atoms with E-state index in [2.05, 4.69) is 32.6 Å². The standard InChI is InChI=1S/C15H11ClF3NO4.C14H20ClNO2.C11H13Cl2NO3.C3H8NO5P.C3H9S/c1-2-23-14-8-10(4-5-12(14)20(21)22)24-13-6-3-9(7-11(13)16)15(17,18)19;1-4-11-7-6-8-12(5-2)14(11)16(10-18-3)13(17)9-15;1-11(2)14(10(15)9(12)13)6-8(17-11)7-4-3-5-16-7;5-3(6)1-4-2-10(7,8)9;1-4(2)3/h3-8H,2H2,1H3;6-8H,4-5,9-10H2,1-3H3;3-5,8-9H,6H2,1-2H3;4H,1-2H2,(H,5,6)(H2,7,8,9);1-3H3/q;;;;+1/p-1. The topological polar surface area (TPSA) is 244 Å². The summed E-state index contributed by atoms with van der Waals surface area (Å²) in [6.07, 6.45) is 4.40. The van der Waals surface area contributed by atoms with Gasteiger partial charge in [-0.25, -0.2) is 0 Å². The van der Waals surface area contributed by atoms with E-state index in [-0.39, 0.29) is 65.1 Å². The number of anilines is 1. The van der Waals surface area contributed by atoms with E-state index in [1.807, 2.05) is 29.6 Å². The number of amides is 2. The predicted octanol–water partition coefficient (Wildman–Crippen LogP) is 9.82. The molecule has 18 nitrogen and oxygen atoms in total. The van der Waals surface area contributed by atoms with Crippen molar-refractivity contribution in [2.75, 3.05) is 69.4 Å². The van der Waals surface area contributed by atoms with Gasteiger partial charge in [0.25, 0.3) is 5.91 Å². The van der Waals surface area contributed by atoms with Gasteiger partial charge in [0.05, 0.1) is 72.2 Å². The summed E-state index contributed by atoms with van der Waals surface area (Å²) in [4.78, 5) is 63.9. The lowest BCUT2D eigenvalue weighted by atomic mass is 10.0. The van der Waals surface area contributed by atoms with Crippen molar-refractivity contribution < 1.29 is 75.3 Å². The normalized spacial score (nSPS) is 14.4. The molecule has 3 N–H and O–H groups in total. The molecule has 408 valence electrons. The van der Waals surface area contributed by atoms with Gasteiger partial charge in [0.1, 0.15) is 49.3 Å². The van der Waals surface area contributed by atoms with Crippen LogP contribution in [-0.4, -0.2) is 113 Å². The largest absolute Gasteiger partial charge is 0.778 e. The molecule has 1 aliphatic rings. The summed E-state index contributed by atoms with van der Waals surface area (Å²) >= 11 is 22.7. The first-order chi connectivity index (χ1) is 34.0. The number of hydrogen-bond donors (Lipinski definition) is 3. The second-order valence-electron chi connectivity index (χ2n) is 15.7. The highest BCUT2D eigenvalue weighted by atomic mass is 35.5. The maximum atomic E-state index is 12.6. The summed E-state index contributed by atoms with van der Waals surface area (Å²) in [6, 6.07) is 16.1. The van der Waals surface area contributed by atoms with E-state index in [0.717, 1.165) is 47.9 Å². The highest BCUT2D eigenvalue weighted by molar-refractivity contribution is 7.94. The minimum Gasteiger partial charge on any atom is -0.778 e. The number of nitro groups is 1. The number of furan rings is 1. The summed E-state index contributed by atoms with van der Waals surface area (Å²) in [6.45, 7) is 9.74. The fraction of sp³-hybridized carbons (Fsp3) is 0.457. The van der Waals surface area contributed by atoms with E-state index < -0.39 is 53.6 Å². The van der Waals surface area contributed by atoms with Crippen LogP contribution in [-0.2, 0) is 58.3 Å². The zero-order valence-corrected chi connectivity index (χ0v) is 46.1. The molecule has 2 atom stereocenters. The van der Waals surface area contributed by atoms with Crippen LogP contribution in [0.1, 0.15) is 63.2 Å². The van der Waals surface area contributed by atoms with Gasteiger partial charge in [0, 0.05) is 19.2 Å². The Labute approximate surface area is 444 Å². The lowest BCUT2D eigenvalue weighted by molar-refractivity contribution is -0.385. The Hall–Kier alpha value is -4.32. The molecule has 5 rings (SSSR count). The maximum Gasteiger partial charge on any atom is 0.416 e. The van der Waals surface area contributed by atoms with Crippen molar-refractivity contribution in [3.05, 3.63) is 111 Å². The molecule has 73 heavy (non-hydrogen) atoms. The highest BCUT2D eigenvalue weighted by Crippen LogP contribution is 2.39. The highest BCUT2D eigenvalue weighted by Gasteiger charge is 2.45. The molecular formula is C46H60Cl4F3N4O14PS. The Morgan fingerprint density at radius 3 is 2.07 bits per heavy atom. The SMILES string of the molecule is CC1(C)OC(c2ccco2)CN1C(=O)C(Cl)Cl.CCOc1cc(Oc2ccc(C(F)(F)F)cc2Cl)ccc1[N+](=O)[O-].CCc1cccc(CC)c1N(COC)C(=O)CCl.C[S+](C)C.O=C(O)CNCP(=O)([O-])O. The quantitative estimate of drug-likeness (QED) is 0.0222. The second-order valence-corrected chi connectivity index (χ2v) is 21.5. The summed E-state index contributed by atoms with van der Waals surface area (Å²) in [5.41, 5.74) is 1.35. The number of ether oxygens (including phenoxy) is 4. The number of halogens is 7. The predicted molar refractivity (Wildman–Crippen MR) is 275 cm³/mol. The Morgan fingerprint density at radius 1 is 1.03 bits per heavy atom. The van der Waals surface area contributed by atoms with Crippen LogP contribution in [0.4, 0.5) is 24.5 Å². The Kier molecular flexibility index (Phi) is 29.4. The maximum absolute atomic E-state index is 12.6. The van der Waals surface area contributed by atoms with Crippen LogP contribution in [0, 0.1) is 10.1 Å². The first-order valence-corrected chi connectivity index (χ1v) is 27.6. The van der Waals surface area contributed by atoms with E-state index in [1.165, 1.54) is 23.1 Å². The molecule has 0 saturated carbocycles. The van der Waals surface area contributed by atoms with Gasteiger partial charge in [-0.05, 0) is 92.0 Å². The minimum atomic E-state index is -4.52. The number of alkyl halides is 6. The van der Waals surface area contributed by atoms with E-state index in [4.69, 9.17) is 79.8 Å². The summed E-state index contributed by atoms with van der Waals surface area (Å²) in [5.74, 6) is -0.886. The number of carboxylic acids is 1. The summed E-state index contributed by atoms with van der Waals surface area (Å²) in [7, 11) is -2.13. The first kappa shape index (κ1) is 66.7. The Bertz CT molecular complexity index is 2390. The van der Waals surface area contributed by atoms with Crippen LogP contribution in [0.25, 0.3) is 0 Å². The molecule has 27 heteroatoms. The zero-order chi connectivity index (χ0) is 55.9. The molecule has 0 aliphatic carbocycles. The van der Waals surface area contributed by atoms with Gasteiger partial charge in [0.15, 0.2) is 4.84 Å². The molecular weight excluding hydrogens is 1090 g/mol. The van der Waals surface area contributed by atoms with Gasteiger partial charge < -0.3 is 47.7 Å². The van der Waals surface area contributed by atoms with Gasteiger partial charge in [-0.15, -0.1) is 11.6 Å². The number of carbonyl (C=O) groups is 3. The zero-order valence-electron chi connectivity index (χ0n) is 41.4. The van der Waals surface area contributed by atoms with Crippen LogP contribution in [0.3, 0.4) is 0 Å². The second kappa shape index (κ2) is 32.2. The number of nitro benzene ring substituents is 1. The van der Waals surface area contributed by atoms with E-state index in [0.29, 0.717) is 23.2 Å². The van der Waals surface area contributed by atoms with E-state index >= 15 is 0 Å². The van der Waals surface area contributed by atoms with Crippen LogP contribution >= 0.6 is 54.0 Å². The first-order valence-electron chi connectivity index (χ1n) is 21.6. The number of aliphatic carboxylic acids is 1. The van der Waals surface area contributed by atoms with Crippen molar-refractivity contribution in [3.8, 4) is 17.2 Å². The van der Waals surface area contributed by atoms with E-state index in [1.54, 1.807) is 45.1 Å². The van der Waals surface area contributed by atoms with Crippen molar-refractivity contribution >= 4 is 94.1 Å². The number of aryl methyl sites for hydroxylation is 2. The molecule has 0 spiro atoms. The third-order valence-electron chi connectivity index (χ3n) is 9.15. The fourth-order valence-electron chi connectivity index (χ4n) is 6.13. The fourth-order valence-corrected chi connectivity index (χ4v) is 7.12. The number of para-hydroxylation sites is 1. The lowest BCUT2D eigenvalue weighted by Crippen LogP contribution is -2.45. The number of rotatable bonds is 17. The van der Waals surface area contributed by atoms with Crippen LogP contribution in [0.2, 0.25) is 5.02 Å². The summed E-state index contributed by atoms with van der Waals surface area (Å²) < 4.78 is 74.5. The third kappa shape index (κ3) is 23.8. The smallest absolute Gasteiger partial charge is 0.416 e. The average Bonchev–Trinajstić information content (AvgIpc) is 3.95. The number of hydrogen-bond acceptors (Lipinski definition) is 13. The van der Waals surface area contributed by atoms with Gasteiger partial charge in [-0.2, -0.15) is 13.2 Å². The third-order valence-corrected chi connectivity index (χ3v) is 10.7. The molecule has 1 aromatic heterocycles. The van der Waals surface area contributed by atoms with Gasteiger partial charge in [-0.1, -0.05) is 66.8 Å². The molecule has 4 aromatic rings. The van der Waals surface area contributed by atoms with Crippen LogP contribution in [0.15, 0.2) is 77.4 Å². The average molecular weight is 1150 g/mol. The molecule has 0 bridgehead atoms. The Morgan fingerprint density at radius 2 is 1.63 bits per heavy atom. The van der Waals surface area contributed by atoms with Crippen LogP contribution in [0.5, 0.6) is 17.2 Å². The molecule has 2 unspecified atom stereocenters. The number of benzene rings is 3. The van der Waals surface area contributed by atoms with Crippen molar-refractivity contribution in [3.63, 3.8) is 0 Å². The van der Waals surface area contributed by atoms with Crippen molar-refractivity contribution in [2.24, 2.45) is 0 Å². The van der Waals surface area contributed by atoms with Crippen molar-refractivity contribution in [1.29, 1.82) is 0 Å². The van der Waals surface area contributed by atoms with Crippen molar-refractivity contribution in [2.45, 2.75) is 70.3 Å². The Balaban J connectivity index is 0.000000491. The molecule has 1 saturated heterocycles. The number of methoxy groups -OCH3 is 1. The van der Waals surface area contributed by atoms with E-state index in [9.17, 15) is 47.1 Å². The van der Waals surface area contributed by atoms with Crippen LogP contribution < -0.4 is 24.6 Å². The molecule has 1 fully saturated rings. The summed E-state index contributed by atoms with van der Waals surface area (Å²) in [5, 5.41) is 20.6. The van der Waals surface area contributed by atoms with Gasteiger partial charge >= 0.3 is 17.8 Å². The number of carboxylic acid groups (broad SMARTS) is 1. The number of carbonyl (C=O) groups excluding carboxylic acids is 2.